The summed E-state index contributed by atoms with van der Waals surface area (Å²) in [6, 6.07) is 11.4. The van der Waals surface area contributed by atoms with Crippen molar-refractivity contribution in [1.82, 2.24) is 0 Å². The lowest BCUT2D eigenvalue weighted by Crippen LogP contribution is -2.08. The summed E-state index contributed by atoms with van der Waals surface area (Å²) in [5.74, 6) is 1.10. The van der Waals surface area contributed by atoms with Gasteiger partial charge in [0, 0.05) is 11.8 Å². The van der Waals surface area contributed by atoms with Crippen molar-refractivity contribution in [3.8, 4) is 11.5 Å². The zero-order valence-electron chi connectivity index (χ0n) is 13.8. The van der Waals surface area contributed by atoms with Crippen LogP contribution >= 0.6 is 0 Å². The van der Waals surface area contributed by atoms with Gasteiger partial charge in [0.15, 0.2) is 0 Å². The lowest BCUT2D eigenvalue weighted by atomic mass is 10.1. The first-order chi connectivity index (χ1) is 11.0. The van der Waals surface area contributed by atoms with E-state index in [1.165, 1.54) is 6.08 Å². The molecule has 0 saturated carbocycles. The molecule has 2 rings (SSSR count). The molecule has 0 aliphatic rings. The predicted octanol–water partition coefficient (Wildman–Crippen LogP) is 3.97. The molecule has 0 saturated heterocycles. The summed E-state index contributed by atoms with van der Waals surface area (Å²) in [5.41, 5.74) is 3.73. The molecule has 23 heavy (non-hydrogen) atoms. The molecule has 2 aromatic carbocycles. The number of nitrogens with one attached hydrogen (secondary N) is 1. The maximum absolute atomic E-state index is 12.1. The molecule has 0 radical (unpaired) electrons. The van der Waals surface area contributed by atoms with Crippen molar-refractivity contribution in [2.24, 2.45) is 0 Å². The summed E-state index contributed by atoms with van der Waals surface area (Å²) in [5, 5.41) is 2.86. The quantitative estimate of drug-likeness (QED) is 0.850. The number of methoxy groups -OCH3 is 2. The molecular formula is C19H21NO3. The third-order valence-electron chi connectivity index (χ3n) is 3.36. The first kappa shape index (κ1) is 16.6. The number of anilines is 1. The van der Waals surface area contributed by atoms with Gasteiger partial charge in [-0.05, 0) is 55.3 Å². The number of aryl methyl sites for hydroxylation is 2. The summed E-state index contributed by atoms with van der Waals surface area (Å²) in [6.45, 7) is 4.00. The lowest BCUT2D eigenvalue weighted by molar-refractivity contribution is -0.111. The van der Waals surface area contributed by atoms with Crippen molar-refractivity contribution in [3.63, 3.8) is 0 Å². The number of hydrogen-bond acceptors (Lipinski definition) is 3. The van der Waals surface area contributed by atoms with E-state index in [0.717, 1.165) is 22.4 Å². The second kappa shape index (κ2) is 7.49. The fourth-order valence-corrected chi connectivity index (χ4v) is 2.43. The number of carbonyl (C=O) groups is 1. The van der Waals surface area contributed by atoms with Gasteiger partial charge in [-0.2, -0.15) is 0 Å². The van der Waals surface area contributed by atoms with Gasteiger partial charge in [0.2, 0.25) is 5.91 Å². The van der Waals surface area contributed by atoms with Gasteiger partial charge in [-0.25, -0.2) is 0 Å². The molecule has 120 valence electrons. The van der Waals surface area contributed by atoms with Crippen molar-refractivity contribution >= 4 is 17.7 Å². The van der Waals surface area contributed by atoms with Crippen LogP contribution in [0.1, 0.15) is 16.7 Å². The molecule has 0 bridgehead atoms. The predicted molar refractivity (Wildman–Crippen MR) is 93.1 cm³/mol. The van der Waals surface area contributed by atoms with Gasteiger partial charge in [-0.1, -0.05) is 12.1 Å². The summed E-state index contributed by atoms with van der Waals surface area (Å²) < 4.78 is 10.6. The number of benzene rings is 2. The molecule has 1 amide bonds. The molecule has 0 aliphatic heterocycles. The highest BCUT2D eigenvalue weighted by Gasteiger charge is 2.07. The van der Waals surface area contributed by atoms with Crippen LogP contribution in [0.4, 0.5) is 5.69 Å². The minimum Gasteiger partial charge on any atom is -0.496 e. The van der Waals surface area contributed by atoms with Crippen molar-refractivity contribution < 1.29 is 14.3 Å². The highest BCUT2D eigenvalue weighted by atomic mass is 16.5. The van der Waals surface area contributed by atoms with E-state index in [1.807, 2.05) is 44.2 Å². The second-order valence-electron chi connectivity index (χ2n) is 5.28. The maximum atomic E-state index is 12.1. The smallest absolute Gasteiger partial charge is 0.248 e. The first-order valence-electron chi connectivity index (χ1n) is 7.32. The van der Waals surface area contributed by atoms with Crippen LogP contribution in [0.5, 0.6) is 11.5 Å². The van der Waals surface area contributed by atoms with E-state index >= 15 is 0 Å². The van der Waals surface area contributed by atoms with E-state index in [9.17, 15) is 4.79 Å². The van der Waals surface area contributed by atoms with Crippen LogP contribution in [0, 0.1) is 13.8 Å². The third kappa shape index (κ3) is 4.36. The Morgan fingerprint density at radius 2 is 1.57 bits per heavy atom. The van der Waals surface area contributed by atoms with Crippen molar-refractivity contribution in [1.29, 1.82) is 0 Å². The van der Waals surface area contributed by atoms with E-state index < -0.39 is 0 Å². The molecular weight excluding hydrogens is 290 g/mol. The van der Waals surface area contributed by atoms with Crippen molar-refractivity contribution in [3.05, 3.63) is 59.2 Å². The number of rotatable bonds is 5. The van der Waals surface area contributed by atoms with Gasteiger partial charge in [0.1, 0.15) is 11.5 Å². The summed E-state index contributed by atoms with van der Waals surface area (Å²) >= 11 is 0. The van der Waals surface area contributed by atoms with Crippen molar-refractivity contribution in [2.75, 3.05) is 19.5 Å². The van der Waals surface area contributed by atoms with Gasteiger partial charge in [-0.3, -0.25) is 4.79 Å². The van der Waals surface area contributed by atoms with E-state index in [2.05, 4.69) is 11.4 Å². The Kier molecular flexibility index (Phi) is 5.41. The SMILES string of the molecule is COc1cccc(OC)c1C=CC(=O)Nc1cc(C)cc(C)c1. The highest BCUT2D eigenvalue weighted by molar-refractivity contribution is 6.02. The summed E-state index contributed by atoms with van der Waals surface area (Å²) in [4.78, 5) is 12.1. The Morgan fingerprint density at radius 3 is 2.09 bits per heavy atom. The molecule has 2 aromatic rings. The van der Waals surface area contributed by atoms with Gasteiger partial charge in [-0.15, -0.1) is 0 Å². The van der Waals surface area contributed by atoms with Crippen molar-refractivity contribution in [2.45, 2.75) is 13.8 Å². The van der Waals surface area contributed by atoms with E-state index in [1.54, 1.807) is 20.3 Å². The number of amides is 1. The molecule has 0 aliphatic carbocycles. The number of hydrogen-bond donors (Lipinski definition) is 1. The normalized spacial score (nSPS) is 10.6. The van der Waals surface area contributed by atoms with Crippen LogP contribution in [0.3, 0.4) is 0 Å². The molecule has 4 heteroatoms. The molecule has 0 fully saturated rings. The van der Waals surface area contributed by atoms with E-state index in [0.29, 0.717) is 11.5 Å². The fraction of sp³-hybridized carbons (Fsp3) is 0.211. The second-order valence-corrected chi connectivity index (χ2v) is 5.28. The average molecular weight is 311 g/mol. The Labute approximate surface area is 136 Å². The molecule has 0 atom stereocenters. The van der Waals surface area contributed by atoms with E-state index in [-0.39, 0.29) is 5.91 Å². The van der Waals surface area contributed by atoms with Crippen LogP contribution in [0.15, 0.2) is 42.5 Å². The molecule has 0 aromatic heterocycles. The van der Waals surface area contributed by atoms with Crippen LogP contribution in [0.25, 0.3) is 6.08 Å². The first-order valence-corrected chi connectivity index (χ1v) is 7.32. The minimum absolute atomic E-state index is 0.206. The zero-order chi connectivity index (χ0) is 16.8. The van der Waals surface area contributed by atoms with E-state index in [4.69, 9.17) is 9.47 Å². The Hall–Kier alpha value is -2.75. The highest BCUT2D eigenvalue weighted by Crippen LogP contribution is 2.29. The van der Waals surface area contributed by atoms with Gasteiger partial charge < -0.3 is 14.8 Å². The number of ether oxygens (including phenoxy) is 2. The largest absolute Gasteiger partial charge is 0.496 e. The number of carbonyl (C=O) groups excluding carboxylic acids is 1. The topological polar surface area (TPSA) is 47.6 Å². The molecule has 0 heterocycles. The fourth-order valence-electron chi connectivity index (χ4n) is 2.43. The third-order valence-corrected chi connectivity index (χ3v) is 3.36. The standard InChI is InChI=1S/C19H21NO3/c1-13-10-14(2)12-15(11-13)20-19(21)9-8-16-17(22-3)6-5-7-18(16)23-4/h5-12H,1-4H3,(H,20,21). The summed E-state index contributed by atoms with van der Waals surface area (Å²) in [6.07, 6.45) is 3.16. The minimum atomic E-state index is -0.206. The Morgan fingerprint density at radius 1 is 1.00 bits per heavy atom. The van der Waals surface area contributed by atoms with Crippen LogP contribution in [-0.4, -0.2) is 20.1 Å². The van der Waals surface area contributed by atoms with Crippen LogP contribution in [-0.2, 0) is 4.79 Å². The van der Waals surface area contributed by atoms with Crippen LogP contribution < -0.4 is 14.8 Å². The van der Waals surface area contributed by atoms with Gasteiger partial charge in [0.05, 0.1) is 19.8 Å². The molecule has 0 spiro atoms. The molecule has 1 N–H and O–H groups in total. The van der Waals surface area contributed by atoms with Gasteiger partial charge >= 0.3 is 0 Å². The average Bonchev–Trinajstić information content (AvgIpc) is 2.51. The molecule has 4 nitrogen and oxygen atoms in total. The Bertz CT molecular complexity index is 693. The maximum Gasteiger partial charge on any atom is 0.248 e. The molecule has 0 unspecified atom stereocenters. The van der Waals surface area contributed by atoms with Gasteiger partial charge in [0.25, 0.3) is 0 Å². The summed E-state index contributed by atoms with van der Waals surface area (Å²) in [7, 11) is 3.17. The Balaban J connectivity index is 2.18. The lowest BCUT2D eigenvalue weighted by Gasteiger charge is -2.09. The monoisotopic (exact) mass is 311 g/mol. The van der Waals surface area contributed by atoms with Crippen LogP contribution in [0.2, 0.25) is 0 Å². The zero-order valence-corrected chi connectivity index (χ0v) is 13.8.